The molecule has 1 aliphatic rings. The molecule has 0 aliphatic carbocycles. The number of anilines is 1. The van der Waals surface area contributed by atoms with Crippen molar-refractivity contribution < 1.29 is 0 Å². The summed E-state index contributed by atoms with van der Waals surface area (Å²) in [6, 6.07) is 12.1. The van der Waals surface area contributed by atoms with Gasteiger partial charge in [0.2, 0.25) is 0 Å². The summed E-state index contributed by atoms with van der Waals surface area (Å²) in [5.41, 5.74) is 4.22. The van der Waals surface area contributed by atoms with E-state index in [1.807, 2.05) is 42.6 Å². The van der Waals surface area contributed by atoms with Crippen LogP contribution in [0.25, 0.3) is 22.4 Å². The number of H-pyrrole nitrogens is 2. The Balaban J connectivity index is 1.64. The second-order valence-electron chi connectivity index (χ2n) is 5.98. The van der Waals surface area contributed by atoms with Crippen molar-refractivity contribution in [2.75, 3.05) is 11.4 Å². The number of nitrogens with zero attached hydrogens (tertiary/aromatic N) is 4. The zero-order chi connectivity index (χ0) is 15.9. The van der Waals surface area contributed by atoms with Crippen LogP contribution < -0.4 is 4.90 Å². The van der Waals surface area contributed by atoms with E-state index in [9.17, 15) is 0 Å². The maximum atomic E-state index is 4.88. The molecule has 1 aliphatic heterocycles. The van der Waals surface area contributed by atoms with E-state index in [-0.39, 0.29) is 0 Å². The third-order valence-electron chi connectivity index (χ3n) is 4.50. The highest BCUT2D eigenvalue weighted by molar-refractivity contribution is 5.89. The Morgan fingerprint density at radius 1 is 1.00 bits per heavy atom. The molecule has 0 fully saturated rings. The fraction of sp³-hybridized carbons (Fsp3) is 0.167. The highest BCUT2D eigenvalue weighted by atomic mass is 15.2. The van der Waals surface area contributed by atoms with Gasteiger partial charge in [-0.25, -0.2) is 15.0 Å². The predicted octanol–water partition coefficient (Wildman–Crippen LogP) is 2.91. The fourth-order valence-electron chi connectivity index (χ4n) is 3.28. The molecule has 2 N–H and O–H groups in total. The van der Waals surface area contributed by atoms with Crippen LogP contribution in [-0.4, -0.2) is 31.5 Å². The van der Waals surface area contributed by atoms with Crippen LogP contribution in [0, 0.1) is 0 Å². The summed E-state index contributed by atoms with van der Waals surface area (Å²) < 4.78 is 0. The molecule has 0 radical (unpaired) electrons. The van der Waals surface area contributed by atoms with E-state index in [2.05, 4.69) is 24.8 Å². The normalized spacial score (nSPS) is 14.1. The average molecular weight is 316 g/mol. The van der Waals surface area contributed by atoms with Crippen LogP contribution in [0.4, 0.5) is 5.82 Å². The van der Waals surface area contributed by atoms with Crippen LogP contribution in [0.2, 0.25) is 0 Å². The Bertz CT molecular complexity index is 1000. The van der Waals surface area contributed by atoms with Gasteiger partial charge in [-0.15, -0.1) is 0 Å². The van der Waals surface area contributed by atoms with Crippen LogP contribution in [0.5, 0.6) is 0 Å². The minimum absolute atomic E-state index is 0.746. The van der Waals surface area contributed by atoms with Gasteiger partial charge in [0, 0.05) is 24.7 Å². The molecule has 0 amide bonds. The molecule has 4 heterocycles. The maximum Gasteiger partial charge on any atom is 0.163 e. The number of fused-ring (bicyclic) bond motifs is 2. The highest BCUT2D eigenvalue weighted by Crippen LogP contribution is 2.29. The van der Waals surface area contributed by atoms with Gasteiger partial charge in [0.25, 0.3) is 0 Å². The number of benzene rings is 1. The van der Waals surface area contributed by atoms with Gasteiger partial charge in [0.15, 0.2) is 5.82 Å². The number of aromatic nitrogens is 5. The number of imidazole rings is 1. The van der Waals surface area contributed by atoms with E-state index in [1.54, 1.807) is 6.33 Å². The Labute approximate surface area is 138 Å². The first-order valence-corrected chi connectivity index (χ1v) is 8.05. The summed E-state index contributed by atoms with van der Waals surface area (Å²) in [4.78, 5) is 22.7. The lowest BCUT2D eigenvalue weighted by Crippen LogP contribution is -2.31. The summed E-state index contributed by atoms with van der Waals surface area (Å²) in [6.07, 6.45) is 4.62. The van der Waals surface area contributed by atoms with Crippen molar-refractivity contribution in [1.29, 1.82) is 0 Å². The Kier molecular flexibility index (Phi) is 2.88. The molecule has 3 aromatic heterocycles. The minimum Gasteiger partial charge on any atom is -0.350 e. The third-order valence-corrected chi connectivity index (χ3v) is 4.50. The summed E-state index contributed by atoms with van der Waals surface area (Å²) in [7, 11) is 0. The molecular weight excluding hydrogens is 300 g/mol. The molecule has 0 unspecified atom stereocenters. The Morgan fingerprint density at radius 2 is 1.92 bits per heavy atom. The molecule has 0 bridgehead atoms. The predicted molar refractivity (Wildman–Crippen MR) is 92.7 cm³/mol. The van der Waals surface area contributed by atoms with Gasteiger partial charge in [-0.2, -0.15) is 0 Å². The van der Waals surface area contributed by atoms with Crippen molar-refractivity contribution in [2.45, 2.75) is 13.0 Å². The molecule has 6 heteroatoms. The van der Waals surface area contributed by atoms with Crippen molar-refractivity contribution in [3.63, 3.8) is 0 Å². The van der Waals surface area contributed by atoms with Crippen molar-refractivity contribution in [1.82, 2.24) is 24.9 Å². The van der Waals surface area contributed by atoms with Crippen molar-refractivity contribution in [3.8, 4) is 11.4 Å². The monoisotopic (exact) mass is 316 g/mol. The van der Waals surface area contributed by atoms with Crippen molar-refractivity contribution in [2.24, 2.45) is 0 Å². The molecule has 0 spiro atoms. The molecule has 0 atom stereocenters. The van der Waals surface area contributed by atoms with E-state index < -0.39 is 0 Å². The zero-order valence-corrected chi connectivity index (χ0v) is 13.0. The first kappa shape index (κ1) is 13.3. The topological polar surface area (TPSA) is 73.5 Å². The Morgan fingerprint density at radius 3 is 2.83 bits per heavy atom. The first-order chi connectivity index (χ1) is 11.9. The second-order valence-corrected chi connectivity index (χ2v) is 5.98. The second kappa shape index (κ2) is 5.19. The summed E-state index contributed by atoms with van der Waals surface area (Å²) >= 11 is 0. The SMILES string of the molecule is c1ccc(-c2nc(N3CCc4nc[nH]c4C3)c3cc[nH]c3n2)cc1. The van der Waals surface area contributed by atoms with Gasteiger partial charge >= 0.3 is 0 Å². The molecule has 118 valence electrons. The van der Waals surface area contributed by atoms with Crippen LogP contribution >= 0.6 is 0 Å². The van der Waals surface area contributed by atoms with E-state index in [4.69, 9.17) is 4.98 Å². The lowest BCUT2D eigenvalue weighted by molar-refractivity contribution is 0.704. The van der Waals surface area contributed by atoms with Crippen LogP contribution in [0.3, 0.4) is 0 Å². The average Bonchev–Trinajstić information content (AvgIpc) is 3.29. The van der Waals surface area contributed by atoms with Gasteiger partial charge < -0.3 is 14.9 Å². The van der Waals surface area contributed by atoms with Gasteiger partial charge in [-0.3, -0.25) is 0 Å². The van der Waals surface area contributed by atoms with E-state index in [1.165, 1.54) is 5.69 Å². The fourth-order valence-corrected chi connectivity index (χ4v) is 3.28. The molecule has 0 saturated heterocycles. The molecule has 1 aromatic carbocycles. The number of aromatic amines is 2. The largest absolute Gasteiger partial charge is 0.350 e. The smallest absolute Gasteiger partial charge is 0.163 e. The molecule has 5 rings (SSSR count). The first-order valence-electron chi connectivity index (χ1n) is 8.05. The molecule has 0 saturated carbocycles. The number of rotatable bonds is 2. The van der Waals surface area contributed by atoms with Gasteiger partial charge in [0.05, 0.1) is 29.6 Å². The quantitative estimate of drug-likeness (QED) is 0.596. The number of nitrogens with one attached hydrogen (secondary N) is 2. The number of hydrogen-bond donors (Lipinski definition) is 2. The van der Waals surface area contributed by atoms with Gasteiger partial charge in [-0.1, -0.05) is 30.3 Å². The maximum absolute atomic E-state index is 4.88. The lowest BCUT2D eigenvalue weighted by Gasteiger charge is -2.28. The summed E-state index contributed by atoms with van der Waals surface area (Å²) in [5.74, 6) is 1.72. The third kappa shape index (κ3) is 2.07. The molecule has 24 heavy (non-hydrogen) atoms. The van der Waals surface area contributed by atoms with Crippen molar-refractivity contribution in [3.05, 3.63) is 60.3 Å². The number of hydrogen-bond acceptors (Lipinski definition) is 4. The van der Waals surface area contributed by atoms with Gasteiger partial charge in [-0.05, 0) is 6.07 Å². The molecule has 6 nitrogen and oxygen atoms in total. The standard InChI is InChI=1S/C18H16N6/c1-2-4-12(5-3-1)16-22-17-13(6-8-19-17)18(23-16)24-9-7-14-15(10-24)21-11-20-14/h1-6,8,11H,7,9-10H2,(H,20,21)(H,19,22,23). The summed E-state index contributed by atoms with van der Waals surface area (Å²) in [6.45, 7) is 1.70. The highest BCUT2D eigenvalue weighted by Gasteiger charge is 2.22. The van der Waals surface area contributed by atoms with Crippen LogP contribution in [-0.2, 0) is 13.0 Å². The molecular formula is C18H16N6. The van der Waals surface area contributed by atoms with Crippen molar-refractivity contribution >= 4 is 16.9 Å². The van der Waals surface area contributed by atoms with E-state index in [0.717, 1.165) is 53.4 Å². The van der Waals surface area contributed by atoms with Crippen LogP contribution in [0.15, 0.2) is 48.9 Å². The van der Waals surface area contributed by atoms with E-state index >= 15 is 0 Å². The minimum atomic E-state index is 0.746. The lowest BCUT2D eigenvalue weighted by atomic mass is 10.1. The van der Waals surface area contributed by atoms with Crippen LogP contribution in [0.1, 0.15) is 11.4 Å². The Hall–Kier alpha value is -3.15. The summed E-state index contributed by atoms with van der Waals surface area (Å²) in [5, 5.41) is 1.05. The zero-order valence-electron chi connectivity index (χ0n) is 13.0. The molecule has 4 aromatic rings. The van der Waals surface area contributed by atoms with Gasteiger partial charge in [0.1, 0.15) is 11.5 Å². The van der Waals surface area contributed by atoms with E-state index in [0.29, 0.717) is 0 Å².